The van der Waals surface area contributed by atoms with Gasteiger partial charge in [0.05, 0.1) is 24.8 Å². The van der Waals surface area contributed by atoms with Crippen molar-refractivity contribution in [1.82, 2.24) is 10.2 Å². The van der Waals surface area contributed by atoms with Crippen LogP contribution in [0.3, 0.4) is 0 Å². The van der Waals surface area contributed by atoms with Crippen LogP contribution in [0.25, 0.3) is 0 Å². The number of nitrogens with one attached hydrogen (secondary N) is 1. The van der Waals surface area contributed by atoms with E-state index in [9.17, 15) is 22.4 Å². The van der Waals surface area contributed by atoms with Gasteiger partial charge >= 0.3 is 0 Å². The SMILES string of the molecule is CC[C@H](C)NC(=O)[C@@H](C)N(Cc1ccccc1F)C(=O)CN(c1ccc(C)cc1)S(=O)(=O)c1ccc(OC)c(OC)c1. The third kappa shape index (κ3) is 7.58. The number of aryl methyl sites for hydroxylation is 1. The zero-order chi connectivity index (χ0) is 31.0. The Balaban J connectivity index is 2.07. The predicted molar refractivity (Wildman–Crippen MR) is 160 cm³/mol. The van der Waals surface area contributed by atoms with Gasteiger partial charge in [0.25, 0.3) is 10.0 Å². The number of nitrogens with zero attached hydrogens (tertiary/aromatic N) is 2. The Morgan fingerprint density at radius 2 is 1.60 bits per heavy atom. The van der Waals surface area contributed by atoms with Crippen LogP contribution >= 0.6 is 0 Å². The largest absolute Gasteiger partial charge is 0.493 e. The topological polar surface area (TPSA) is 105 Å². The Labute approximate surface area is 247 Å². The molecule has 0 radical (unpaired) electrons. The van der Waals surface area contributed by atoms with Crippen molar-refractivity contribution in [3.05, 3.63) is 83.7 Å². The molecule has 0 aromatic heterocycles. The summed E-state index contributed by atoms with van der Waals surface area (Å²) in [4.78, 5) is 28.2. The summed E-state index contributed by atoms with van der Waals surface area (Å²) in [5.74, 6) is -1.12. The third-order valence-electron chi connectivity index (χ3n) is 7.01. The Bertz CT molecular complexity index is 1500. The van der Waals surface area contributed by atoms with Crippen molar-refractivity contribution in [3.63, 3.8) is 0 Å². The van der Waals surface area contributed by atoms with E-state index in [1.54, 1.807) is 30.3 Å². The molecule has 0 saturated heterocycles. The highest BCUT2D eigenvalue weighted by atomic mass is 32.2. The van der Waals surface area contributed by atoms with Gasteiger partial charge in [-0.2, -0.15) is 0 Å². The standard InChI is InChI=1S/C31H38FN3O6S/c1-7-22(3)33-31(37)23(4)34(19-24-10-8-9-11-27(24)32)30(36)20-35(25-14-12-21(2)13-15-25)42(38,39)26-16-17-28(40-5)29(18-26)41-6/h8-18,22-23H,7,19-20H2,1-6H3,(H,33,37)/t22-,23+/m0/s1. The van der Waals surface area contributed by atoms with Crippen molar-refractivity contribution in [2.45, 2.75) is 57.6 Å². The Hall–Kier alpha value is -4.12. The molecule has 42 heavy (non-hydrogen) atoms. The minimum absolute atomic E-state index is 0.128. The van der Waals surface area contributed by atoms with Gasteiger partial charge in [-0.25, -0.2) is 12.8 Å². The van der Waals surface area contributed by atoms with Crippen molar-refractivity contribution in [2.75, 3.05) is 25.1 Å². The van der Waals surface area contributed by atoms with Crippen LogP contribution in [0, 0.1) is 12.7 Å². The van der Waals surface area contributed by atoms with Gasteiger partial charge in [0.1, 0.15) is 18.4 Å². The summed E-state index contributed by atoms with van der Waals surface area (Å²) in [6.45, 7) is 6.26. The zero-order valence-electron chi connectivity index (χ0n) is 24.8. The minimum Gasteiger partial charge on any atom is -0.493 e. The molecule has 226 valence electrons. The normalized spacial score (nSPS) is 12.6. The first-order valence-electron chi connectivity index (χ1n) is 13.6. The highest BCUT2D eigenvalue weighted by Crippen LogP contribution is 2.32. The summed E-state index contributed by atoms with van der Waals surface area (Å²) in [6, 6.07) is 15.6. The molecule has 1 N–H and O–H groups in total. The summed E-state index contributed by atoms with van der Waals surface area (Å²) < 4.78 is 54.3. The van der Waals surface area contributed by atoms with E-state index in [0.717, 1.165) is 9.87 Å². The number of carbonyl (C=O) groups excluding carboxylic acids is 2. The monoisotopic (exact) mass is 599 g/mol. The van der Waals surface area contributed by atoms with Gasteiger partial charge < -0.3 is 19.7 Å². The third-order valence-corrected chi connectivity index (χ3v) is 8.78. The second-order valence-electron chi connectivity index (χ2n) is 9.97. The van der Waals surface area contributed by atoms with Crippen LogP contribution in [-0.2, 0) is 26.2 Å². The van der Waals surface area contributed by atoms with Crippen molar-refractivity contribution < 1.29 is 31.9 Å². The van der Waals surface area contributed by atoms with Gasteiger partial charge in [0, 0.05) is 24.2 Å². The molecule has 0 unspecified atom stereocenters. The summed E-state index contributed by atoms with van der Waals surface area (Å²) in [5.41, 5.74) is 1.33. The van der Waals surface area contributed by atoms with Gasteiger partial charge in [-0.1, -0.05) is 42.8 Å². The fourth-order valence-corrected chi connectivity index (χ4v) is 5.63. The molecule has 0 spiro atoms. The summed E-state index contributed by atoms with van der Waals surface area (Å²) in [6.07, 6.45) is 0.671. The first kappa shape index (κ1) is 32.4. The van der Waals surface area contributed by atoms with Gasteiger partial charge in [-0.15, -0.1) is 0 Å². The van der Waals surface area contributed by atoms with Crippen LogP contribution in [0.15, 0.2) is 71.6 Å². The van der Waals surface area contributed by atoms with E-state index in [4.69, 9.17) is 9.47 Å². The molecule has 3 aromatic rings. The number of amides is 2. The minimum atomic E-state index is -4.33. The van der Waals surface area contributed by atoms with E-state index in [1.807, 2.05) is 20.8 Å². The highest BCUT2D eigenvalue weighted by molar-refractivity contribution is 7.92. The molecule has 11 heteroatoms. The molecule has 0 aliphatic heterocycles. The summed E-state index contributed by atoms with van der Waals surface area (Å²) >= 11 is 0. The van der Waals surface area contributed by atoms with Crippen LogP contribution in [0.5, 0.6) is 11.5 Å². The van der Waals surface area contributed by atoms with E-state index in [0.29, 0.717) is 12.2 Å². The van der Waals surface area contributed by atoms with Crippen molar-refractivity contribution in [2.24, 2.45) is 0 Å². The molecule has 0 heterocycles. The van der Waals surface area contributed by atoms with E-state index in [-0.39, 0.29) is 34.5 Å². The summed E-state index contributed by atoms with van der Waals surface area (Å²) in [5, 5.41) is 2.85. The lowest BCUT2D eigenvalue weighted by Crippen LogP contribution is -2.52. The number of benzene rings is 3. The van der Waals surface area contributed by atoms with E-state index < -0.39 is 40.2 Å². The lowest BCUT2D eigenvalue weighted by molar-refractivity contribution is -0.139. The molecular formula is C31H38FN3O6S. The number of carbonyl (C=O) groups is 2. The van der Waals surface area contributed by atoms with Gasteiger partial charge in [0.2, 0.25) is 11.8 Å². The fourth-order valence-electron chi connectivity index (χ4n) is 4.20. The van der Waals surface area contributed by atoms with Crippen LogP contribution in [0.2, 0.25) is 0 Å². The highest BCUT2D eigenvalue weighted by Gasteiger charge is 2.33. The van der Waals surface area contributed by atoms with E-state index in [2.05, 4.69) is 5.32 Å². The van der Waals surface area contributed by atoms with E-state index >= 15 is 0 Å². The zero-order valence-corrected chi connectivity index (χ0v) is 25.6. The van der Waals surface area contributed by atoms with Crippen LogP contribution in [0.4, 0.5) is 10.1 Å². The second kappa shape index (κ2) is 14.2. The molecule has 0 fully saturated rings. The van der Waals surface area contributed by atoms with Gasteiger partial charge in [0.15, 0.2) is 11.5 Å². The first-order chi connectivity index (χ1) is 19.9. The van der Waals surface area contributed by atoms with Gasteiger partial charge in [-0.05, 0) is 57.5 Å². The van der Waals surface area contributed by atoms with Crippen molar-refractivity contribution >= 4 is 27.5 Å². The average molecular weight is 600 g/mol. The maximum Gasteiger partial charge on any atom is 0.264 e. The van der Waals surface area contributed by atoms with Crippen LogP contribution in [0.1, 0.15) is 38.3 Å². The molecule has 0 aliphatic rings. The van der Waals surface area contributed by atoms with Gasteiger partial charge in [-0.3, -0.25) is 13.9 Å². The Morgan fingerprint density at radius 1 is 0.952 bits per heavy atom. The number of methoxy groups -OCH3 is 2. The second-order valence-corrected chi connectivity index (χ2v) is 11.8. The molecule has 0 aliphatic carbocycles. The number of sulfonamides is 1. The quantitative estimate of drug-likeness (QED) is 0.306. The first-order valence-corrected chi connectivity index (χ1v) is 15.0. The molecule has 0 saturated carbocycles. The molecule has 2 atom stereocenters. The number of rotatable bonds is 13. The van der Waals surface area contributed by atoms with E-state index in [1.165, 1.54) is 62.4 Å². The maximum atomic E-state index is 14.7. The maximum absolute atomic E-state index is 14.7. The van der Waals surface area contributed by atoms with Crippen molar-refractivity contribution in [3.8, 4) is 11.5 Å². The van der Waals surface area contributed by atoms with Crippen molar-refractivity contribution in [1.29, 1.82) is 0 Å². The Kier molecular flexibility index (Phi) is 10.9. The van der Waals surface area contributed by atoms with Crippen LogP contribution in [-0.4, -0.2) is 58.0 Å². The molecular weight excluding hydrogens is 561 g/mol. The molecule has 3 rings (SSSR count). The number of hydrogen-bond donors (Lipinski definition) is 1. The predicted octanol–water partition coefficient (Wildman–Crippen LogP) is 4.68. The number of ether oxygens (including phenoxy) is 2. The number of hydrogen-bond acceptors (Lipinski definition) is 6. The lowest BCUT2D eigenvalue weighted by Gasteiger charge is -2.32. The smallest absolute Gasteiger partial charge is 0.264 e. The number of anilines is 1. The lowest BCUT2D eigenvalue weighted by atomic mass is 10.1. The summed E-state index contributed by atoms with van der Waals surface area (Å²) in [7, 11) is -1.50. The average Bonchev–Trinajstić information content (AvgIpc) is 2.98. The molecule has 2 amide bonds. The molecule has 9 nitrogen and oxygen atoms in total. The molecule has 0 bridgehead atoms. The Morgan fingerprint density at radius 3 is 2.19 bits per heavy atom. The fraction of sp³-hybridized carbons (Fsp3) is 0.355. The number of halogens is 1. The molecule has 3 aromatic carbocycles. The van der Waals surface area contributed by atoms with Crippen LogP contribution < -0.4 is 19.1 Å².